The number of hydrogen-bond acceptors (Lipinski definition) is 4. The molecule has 0 amide bonds. The molecule has 1 heterocycles. The Hall–Kier alpha value is -1.57. The highest BCUT2D eigenvalue weighted by molar-refractivity contribution is 7.92. The number of H-pyrrole nitrogens is 1. The van der Waals surface area contributed by atoms with Crippen molar-refractivity contribution in [3.05, 3.63) is 41.2 Å². The highest BCUT2D eigenvalue weighted by Gasteiger charge is 2.22. The first-order chi connectivity index (χ1) is 10.0. The fourth-order valence-corrected chi connectivity index (χ4v) is 3.52. The first kappa shape index (κ1) is 14.4. The molecule has 3 N–H and O–H groups in total. The van der Waals surface area contributed by atoms with E-state index in [1.165, 1.54) is 25.2 Å². The molecule has 0 spiro atoms. The molecule has 21 heavy (non-hydrogen) atoms. The van der Waals surface area contributed by atoms with Gasteiger partial charge < -0.3 is 5.32 Å². The van der Waals surface area contributed by atoms with Crippen molar-refractivity contribution in [2.24, 2.45) is 0 Å². The van der Waals surface area contributed by atoms with Crippen LogP contribution in [0.1, 0.15) is 18.4 Å². The molecule has 6 nitrogen and oxygen atoms in total. The molecule has 2 aromatic rings. The molecule has 1 aromatic heterocycles. The summed E-state index contributed by atoms with van der Waals surface area (Å²) < 4.78 is 27.2. The number of nitrogens with zero attached hydrogens (tertiary/aromatic N) is 1. The highest BCUT2D eigenvalue weighted by Crippen LogP contribution is 2.25. The summed E-state index contributed by atoms with van der Waals surface area (Å²) in [5, 5.41) is 9.79. The molecule has 0 unspecified atom stereocenters. The third-order valence-corrected chi connectivity index (χ3v) is 5.07. The number of sulfonamides is 1. The maximum Gasteiger partial charge on any atom is 0.263 e. The zero-order valence-corrected chi connectivity index (χ0v) is 12.7. The van der Waals surface area contributed by atoms with E-state index < -0.39 is 10.0 Å². The number of hydrogen-bond donors (Lipinski definition) is 3. The Balaban J connectivity index is 1.83. The summed E-state index contributed by atoms with van der Waals surface area (Å²) in [5.41, 5.74) is 1.26. The van der Waals surface area contributed by atoms with Crippen LogP contribution in [0.2, 0.25) is 5.02 Å². The lowest BCUT2D eigenvalue weighted by Gasteiger charge is -2.10. The largest absolute Gasteiger partial charge is 0.310 e. The van der Waals surface area contributed by atoms with Crippen molar-refractivity contribution in [1.82, 2.24) is 15.5 Å². The predicted octanol–water partition coefficient (Wildman–Crippen LogP) is 2.12. The molecule has 8 heteroatoms. The monoisotopic (exact) mass is 326 g/mol. The van der Waals surface area contributed by atoms with Gasteiger partial charge in [0.05, 0.1) is 16.9 Å². The Labute approximate surface area is 128 Å². The van der Waals surface area contributed by atoms with Crippen LogP contribution in [0.25, 0.3) is 0 Å². The second-order valence-electron chi connectivity index (χ2n) is 5.01. The third-order valence-electron chi connectivity index (χ3n) is 3.21. The summed E-state index contributed by atoms with van der Waals surface area (Å²) >= 11 is 6.03. The Kier molecular flexibility index (Phi) is 3.88. The van der Waals surface area contributed by atoms with Crippen LogP contribution >= 0.6 is 11.6 Å². The quantitative estimate of drug-likeness (QED) is 0.759. The first-order valence-electron chi connectivity index (χ1n) is 6.58. The molecule has 1 aliphatic rings. The van der Waals surface area contributed by atoms with Gasteiger partial charge in [-0.2, -0.15) is 5.10 Å². The fourth-order valence-electron chi connectivity index (χ4n) is 1.93. The van der Waals surface area contributed by atoms with E-state index in [0.717, 1.165) is 5.56 Å². The minimum Gasteiger partial charge on any atom is -0.310 e. The van der Waals surface area contributed by atoms with E-state index in [1.807, 2.05) is 6.07 Å². The highest BCUT2D eigenvalue weighted by atomic mass is 35.5. The smallest absolute Gasteiger partial charge is 0.263 e. The normalized spacial score (nSPS) is 15.1. The molecule has 0 radical (unpaired) electrons. The van der Waals surface area contributed by atoms with Gasteiger partial charge in [-0.15, -0.1) is 0 Å². The summed E-state index contributed by atoms with van der Waals surface area (Å²) in [7, 11) is -3.73. The average molecular weight is 327 g/mol. The molecular weight excluding hydrogens is 312 g/mol. The van der Waals surface area contributed by atoms with Crippen molar-refractivity contribution in [1.29, 1.82) is 0 Å². The molecule has 0 saturated heterocycles. The van der Waals surface area contributed by atoms with Crippen molar-refractivity contribution < 1.29 is 8.42 Å². The van der Waals surface area contributed by atoms with Gasteiger partial charge in [0.1, 0.15) is 4.90 Å². The van der Waals surface area contributed by atoms with Gasteiger partial charge in [0.25, 0.3) is 10.0 Å². The van der Waals surface area contributed by atoms with Gasteiger partial charge in [0, 0.05) is 18.8 Å². The standard InChI is InChI=1S/C13H15ClN4O2S/c14-12-4-1-9(6-15-10-2-3-10)5-13(12)21(19,20)18-11-7-16-17-8-11/h1,4-5,7-8,10,15,18H,2-3,6H2,(H,16,17). The molecular formula is C13H15ClN4O2S. The maximum absolute atomic E-state index is 12.4. The van der Waals surface area contributed by atoms with Gasteiger partial charge in [-0.05, 0) is 30.5 Å². The van der Waals surface area contributed by atoms with E-state index in [9.17, 15) is 8.42 Å². The van der Waals surface area contributed by atoms with Gasteiger partial charge in [-0.1, -0.05) is 17.7 Å². The number of halogens is 1. The molecule has 0 bridgehead atoms. The Morgan fingerprint density at radius 2 is 2.19 bits per heavy atom. The van der Waals surface area contributed by atoms with Crippen LogP contribution in [0.3, 0.4) is 0 Å². The lowest BCUT2D eigenvalue weighted by Crippen LogP contribution is -2.17. The van der Waals surface area contributed by atoms with E-state index in [4.69, 9.17) is 11.6 Å². The third kappa shape index (κ3) is 3.55. The summed E-state index contributed by atoms with van der Waals surface area (Å²) in [6, 6.07) is 5.59. The van der Waals surface area contributed by atoms with E-state index in [-0.39, 0.29) is 9.92 Å². The van der Waals surface area contributed by atoms with Crippen LogP contribution in [-0.2, 0) is 16.6 Å². The van der Waals surface area contributed by atoms with Crippen molar-refractivity contribution in [2.45, 2.75) is 30.3 Å². The zero-order valence-electron chi connectivity index (χ0n) is 11.1. The van der Waals surface area contributed by atoms with Gasteiger partial charge in [0.2, 0.25) is 0 Å². The summed E-state index contributed by atoms with van der Waals surface area (Å²) in [6.07, 6.45) is 5.22. The Morgan fingerprint density at radius 3 is 2.86 bits per heavy atom. The van der Waals surface area contributed by atoms with Crippen molar-refractivity contribution in [2.75, 3.05) is 4.72 Å². The molecule has 1 fully saturated rings. The second kappa shape index (κ2) is 5.67. The fraction of sp³-hybridized carbons (Fsp3) is 0.308. The lowest BCUT2D eigenvalue weighted by atomic mass is 10.2. The van der Waals surface area contributed by atoms with Gasteiger partial charge in [-0.3, -0.25) is 9.82 Å². The van der Waals surface area contributed by atoms with Crippen LogP contribution in [0.4, 0.5) is 5.69 Å². The van der Waals surface area contributed by atoms with Crippen LogP contribution in [0.5, 0.6) is 0 Å². The first-order valence-corrected chi connectivity index (χ1v) is 8.44. The maximum atomic E-state index is 12.4. The lowest BCUT2D eigenvalue weighted by molar-refractivity contribution is 0.601. The molecule has 1 aromatic carbocycles. The minimum atomic E-state index is -3.73. The van der Waals surface area contributed by atoms with E-state index >= 15 is 0 Å². The average Bonchev–Trinajstić information content (AvgIpc) is 3.14. The van der Waals surface area contributed by atoms with Crippen LogP contribution in [-0.4, -0.2) is 24.7 Å². The molecule has 0 aliphatic heterocycles. The summed E-state index contributed by atoms with van der Waals surface area (Å²) in [5.74, 6) is 0. The number of aromatic nitrogens is 2. The van der Waals surface area contributed by atoms with Gasteiger partial charge in [-0.25, -0.2) is 8.42 Å². The number of rotatable bonds is 6. The SMILES string of the molecule is O=S(=O)(Nc1cn[nH]c1)c1cc(CNC2CC2)ccc1Cl. The molecule has 1 aliphatic carbocycles. The second-order valence-corrected chi connectivity index (χ2v) is 7.07. The van der Waals surface area contributed by atoms with Crippen LogP contribution in [0.15, 0.2) is 35.5 Å². The van der Waals surface area contributed by atoms with Crippen molar-refractivity contribution in [3.63, 3.8) is 0 Å². The zero-order chi connectivity index (χ0) is 14.9. The van der Waals surface area contributed by atoms with E-state index in [1.54, 1.807) is 12.1 Å². The summed E-state index contributed by atoms with van der Waals surface area (Å²) in [6.45, 7) is 0.635. The topological polar surface area (TPSA) is 86.9 Å². The van der Waals surface area contributed by atoms with Crippen LogP contribution in [0, 0.1) is 0 Å². The van der Waals surface area contributed by atoms with Crippen LogP contribution < -0.4 is 10.0 Å². The number of nitrogens with one attached hydrogen (secondary N) is 3. The van der Waals surface area contributed by atoms with Gasteiger partial charge >= 0.3 is 0 Å². The summed E-state index contributed by atoms with van der Waals surface area (Å²) in [4.78, 5) is 0.0699. The molecule has 0 atom stereocenters. The number of benzene rings is 1. The molecule has 1 saturated carbocycles. The number of anilines is 1. The van der Waals surface area contributed by atoms with Crippen molar-refractivity contribution >= 4 is 27.3 Å². The predicted molar refractivity (Wildman–Crippen MR) is 80.7 cm³/mol. The molecule has 112 valence electrons. The Bertz CT molecular complexity index is 727. The molecule has 3 rings (SSSR count). The van der Waals surface area contributed by atoms with Gasteiger partial charge in [0.15, 0.2) is 0 Å². The number of aromatic amines is 1. The minimum absolute atomic E-state index is 0.0699. The van der Waals surface area contributed by atoms with E-state index in [0.29, 0.717) is 18.3 Å². The van der Waals surface area contributed by atoms with E-state index in [2.05, 4.69) is 20.2 Å². The van der Waals surface area contributed by atoms with Crippen molar-refractivity contribution in [3.8, 4) is 0 Å². The Morgan fingerprint density at radius 1 is 1.38 bits per heavy atom.